The number of likely N-dealkylation sites (tertiary alicyclic amines) is 1. The molecule has 0 bridgehead atoms. The van der Waals surface area contributed by atoms with Gasteiger partial charge in [0.05, 0.1) is 34.4 Å². The fourth-order valence-electron chi connectivity index (χ4n) is 5.80. The Kier molecular flexibility index (Phi) is 4.82. The van der Waals surface area contributed by atoms with Gasteiger partial charge in [-0.15, -0.1) is 0 Å². The Bertz CT molecular complexity index is 1590. The number of para-hydroxylation sites is 1. The first-order chi connectivity index (χ1) is 18.1. The molecule has 4 aliphatic heterocycles. The van der Waals surface area contributed by atoms with E-state index >= 15 is 0 Å². The average molecular weight is 494 g/mol. The van der Waals surface area contributed by atoms with Crippen molar-refractivity contribution in [3.05, 3.63) is 77.5 Å². The summed E-state index contributed by atoms with van der Waals surface area (Å²) in [6.07, 6.45) is 10.3. The molecule has 0 spiro atoms. The largest absolute Gasteiger partial charge is 0.341 e. The number of hydrogen-bond donors (Lipinski definition) is 1. The van der Waals surface area contributed by atoms with Gasteiger partial charge < -0.3 is 9.80 Å². The maximum atomic E-state index is 13.5. The molecule has 1 atom stereocenters. The van der Waals surface area contributed by atoms with E-state index in [1.165, 1.54) is 10.7 Å². The van der Waals surface area contributed by atoms with Crippen molar-refractivity contribution < 1.29 is 14.4 Å². The fourth-order valence-corrected chi connectivity index (χ4v) is 5.80. The van der Waals surface area contributed by atoms with Crippen LogP contribution >= 0.6 is 0 Å². The van der Waals surface area contributed by atoms with Gasteiger partial charge in [0.15, 0.2) is 5.65 Å². The number of anilines is 1. The molecule has 7 rings (SSSR count). The van der Waals surface area contributed by atoms with Crippen LogP contribution in [0.5, 0.6) is 0 Å². The second-order valence-corrected chi connectivity index (χ2v) is 9.57. The Balaban J connectivity index is 1.35. The Morgan fingerprint density at radius 1 is 1.00 bits per heavy atom. The number of nitrogens with one attached hydrogen (secondary N) is 1. The van der Waals surface area contributed by atoms with E-state index in [1.807, 2.05) is 28.0 Å². The highest BCUT2D eigenvalue weighted by Gasteiger charge is 2.42. The van der Waals surface area contributed by atoms with Crippen LogP contribution in [0.2, 0.25) is 0 Å². The number of imidazole rings is 1. The number of piperidine rings is 1. The topological polar surface area (TPSA) is 112 Å². The lowest BCUT2D eigenvalue weighted by Crippen LogP contribution is -2.47. The number of aliphatic imine (C=N–C) groups is 1. The number of nitrogens with zero attached hydrogens (tertiary/aromatic N) is 6. The predicted molar refractivity (Wildman–Crippen MR) is 136 cm³/mol. The summed E-state index contributed by atoms with van der Waals surface area (Å²) in [5, 5.41) is 6.75. The van der Waals surface area contributed by atoms with Crippen molar-refractivity contribution in [3.63, 3.8) is 0 Å². The van der Waals surface area contributed by atoms with Crippen LogP contribution in [0, 0.1) is 0 Å². The van der Waals surface area contributed by atoms with E-state index in [2.05, 4.69) is 20.4 Å². The first-order valence-electron chi connectivity index (χ1n) is 12.4. The first kappa shape index (κ1) is 21.7. The molecule has 0 saturated carbocycles. The van der Waals surface area contributed by atoms with E-state index in [0.717, 1.165) is 43.6 Å². The minimum absolute atomic E-state index is 0.112. The number of benzene rings is 1. The zero-order chi connectivity index (χ0) is 25.1. The van der Waals surface area contributed by atoms with Crippen LogP contribution in [-0.2, 0) is 20.8 Å². The lowest BCUT2D eigenvalue weighted by Gasteiger charge is -2.32. The number of imide groups is 1. The van der Waals surface area contributed by atoms with Crippen molar-refractivity contribution in [1.82, 2.24) is 24.8 Å². The molecule has 1 aromatic carbocycles. The molecule has 3 aromatic rings. The molecule has 1 saturated heterocycles. The van der Waals surface area contributed by atoms with Crippen LogP contribution in [0.3, 0.4) is 0 Å². The van der Waals surface area contributed by atoms with E-state index in [1.54, 1.807) is 30.7 Å². The van der Waals surface area contributed by atoms with Crippen molar-refractivity contribution in [2.45, 2.75) is 31.7 Å². The van der Waals surface area contributed by atoms with Crippen molar-refractivity contribution in [2.24, 2.45) is 4.99 Å². The van der Waals surface area contributed by atoms with Gasteiger partial charge in [-0.2, -0.15) is 5.10 Å². The summed E-state index contributed by atoms with van der Waals surface area (Å²) in [7, 11) is 0. The maximum absolute atomic E-state index is 13.5. The van der Waals surface area contributed by atoms with Crippen LogP contribution in [0.1, 0.15) is 36.1 Å². The molecule has 1 N–H and O–H groups in total. The summed E-state index contributed by atoms with van der Waals surface area (Å²) < 4.78 is 1.54. The maximum Gasteiger partial charge on any atom is 0.261 e. The van der Waals surface area contributed by atoms with E-state index in [9.17, 15) is 14.4 Å². The summed E-state index contributed by atoms with van der Waals surface area (Å²) in [6.45, 7) is 1.56. The third-order valence-electron chi connectivity index (χ3n) is 7.47. The number of aromatic nitrogens is 3. The van der Waals surface area contributed by atoms with Crippen LogP contribution in [0.4, 0.5) is 5.69 Å². The highest BCUT2D eigenvalue weighted by Crippen LogP contribution is 2.40. The number of rotatable bonds is 3. The molecule has 1 unspecified atom stereocenters. The van der Waals surface area contributed by atoms with Gasteiger partial charge in [0.25, 0.3) is 11.8 Å². The van der Waals surface area contributed by atoms with Crippen molar-refractivity contribution in [1.29, 1.82) is 0 Å². The van der Waals surface area contributed by atoms with Crippen molar-refractivity contribution in [3.8, 4) is 0 Å². The molecular formula is C27H23N7O3. The van der Waals surface area contributed by atoms with Crippen molar-refractivity contribution in [2.75, 3.05) is 18.0 Å². The summed E-state index contributed by atoms with van der Waals surface area (Å²) in [5.41, 5.74) is 4.26. The highest BCUT2D eigenvalue weighted by atomic mass is 16.2. The Morgan fingerprint density at radius 3 is 2.70 bits per heavy atom. The quantitative estimate of drug-likeness (QED) is 0.558. The monoisotopic (exact) mass is 493 g/mol. The molecule has 6 heterocycles. The standard InChI is InChI=1S/C27H23N7O3/c35-25-21(19-15-29-20-8-5-9-30-34(19)20)22(26(36)31-25)23-17-7-4-6-16-14-18(33(24(16)17)13-10-28-23)27(37)32-11-2-1-3-12-32/h4-10,13,15,18H,1-3,11-12,14H2,(H,31,35,36). The second-order valence-electron chi connectivity index (χ2n) is 9.57. The van der Waals surface area contributed by atoms with Gasteiger partial charge in [0.1, 0.15) is 6.04 Å². The first-order valence-corrected chi connectivity index (χ1v) is 12.4. The fraction of sp³-hybridized carbons (Fsp3) is 0.259. The van der Waals surface area contributed by atoms with Crippen molar-refractivity contribution >= 4 is 40.3 Å². The third kappa shape index (κ3) is 3.25. The summed E-state index contributed by atoms with van der Waals surface area (Å²) >= 11 is 0. The van der Waals surface area contributed by atoms with Crippen LogP contribution < -0.4 is 10.2 Å². The van der Waals surface area contributed by atoms with Crippen LogP contribution in [-0.4, -0.2) is 62.1 Å². The van der Waals surface area contributed by atoms with Gasteiger partial charge in [-0.1, -0.05) is 18.2 Å². The molecule has 1 fully saturated rings. The summed E-state index contributed by atoms with van der Waals surface area (Å²) in [6, 6.07) is 8.97. The number of carbonyl (C=O) groups excluding carboxylic acids is 3. The van der Waals surface area contributed by atoms with Crippen LogP contribution in [0.25, 0.3) is 11.2 Å². The zero-order valence-electron chi connectivity index (χ0n) is 19.9. The molecule has 0 radical (unpaired) electrons. The van der Waals surface area contributed by atoms with E-state index in [4.69, 9.17) is 0 Å². The highest BCUT2D eigenvalue weighted by molar-refractivity contribution is 6.47. The molecular weight excluding hydrogens is 470 g/mol. The third-order valence-corrected chi connectivity index (χ3v) is 7.47. The minimum Gasteiger partial charge on any atom is -0.341 e. The SMILES string of the molecule is O=C1NC(=O)C(c2cnc3cccnn23)=C1C1=NC=CN2c3c(cccc31)CC2C(=O)N1CCCCC1. The smallest absolute Gasteiger partial charge is 0.261 e. The molecule has 10 nitrogen and oxygen atoms in total. The van der Waals surface area contributed by atoms with Gasteiger partial charge in [0.2, 0.25) is 5.91 Å². The van der Waals surface area contributed by atoms with E-state index < -0.39 is 11.8 Å². The van der Waals surface area contributed by atoms with Gasteiger partial charge in [0, 0.05) is 43.7 Å². The van der Waals surface area contributed by atoms with Gasteiger partial charge >= 0.3 is 0 Å². The molecule has 10 heteroatoms. The lowest BCUT2D eigenvalue weighted by molar-refractivity contribution is -0.133. The van der Waals surface area contributed by atoms with Gasteiger partial charge in [-0.25, -0.2) is 9.50 Å². The number of fused-ring (bicyclic) bond motifs is 1. The normalized spacial score (nSPS) is 20.9. The second kappa shape index (κ2) is 8.22. The lowest BCUT2D eigenvalue weighted by atomic mass is 9.94. The predicted octanol–water partition coefficient (Wildman–Crippen LogP) is 1.86. The zero-order valence-corrected chi connectivity index (χ0v) is 19.9. The van der Waals surface area contributed by atoms with E-state index in [-0.39, 0.29) is 23.1 Å². The average Bonchev–Trinajstić information content (AvgIpc) is 3.55. The number of amides is 3. The van der Waals surface area contributed by atoms with E-state index in [0.29, 0.717) is 29.0 Å². The molecule has 3 amide bonds. The van der Waals surface area contributed by atoms with Gasteiger partial charge in [-0.05, 0) is 37.0 Å². The minimum atomic E-state index is -0.525. The van der Waals surface area contributed by atoms with Gasteiger partial charge in [-0.3, -0.25) is 24.7 Å². The molecule has 0 aliphatic carbocycles. The molecule has 2 aromatic heterocycles. The summed E-state index contributed by atoms with van der Waals surface area (Å²) in [5.74, 6) is -0.936. The molecule has 184 valence electrons. The number of hydrogen-bond acceptors (Lipinski definition) is 7. The molecule has 4 aliphatic rings. The molecule has 37 heavy (non-hydrogen) atoms. The Morgan fingerprint density at radius 2 is 1.84 bits per heavy atom. The Hall–Kier alpha value is -4.60. The Labute approximate surface area is 212 Å². The van der Waals surface area contributed by atoms with Crippen LogP contribution in [0.15, 0.2) is 65.7 Å². The number of carbonyl (C=O) groups is 3. The summed E-state index contributed by atoms with van der Waals surface area (Å²) in [4.78, 5) is 52.7.